The van der Waals surface area contributed by atoms with Crippen LogP contribution in [0.4, 0.5) is 0 Å². The molecule has 0 amide bonds. The van der Waals surface area contributed by atoms with E-state index in [0.29, 0.717) is 24.4 Å². The lowest BCUT2D eigenvalue weighted by Gasteiger charge is -2.34. The summed E-state index contributed by atoms with van der Waals surface area (Å²) in [7, 11) is -3.64. The van der Waals surface area contributed by atoms with Crippen LogP contribution in [-0.2, 0) is 14.8 Å². The molecule has 0 saturated carbocycles. The lowest BCUT2D eigenvalue weighted by molar-refractivity contribution is -0.0440. The molecule has 28 heavy (non-hydrogen) atoms. The topological polar surface area (TPSA) is 72.9 Å². The minimum Gasteiger partial charge on any atom is -0.422 e. The predicted octanol–water partition coefficient (Wildman–Crippen LogP) is 3.32. The lowest BCUT2D eigenvalue weighted by atomic mass is 10.1. The third-order valence-electron chi connectivity index (χ3n) is 4.72. The summed E-state index contributed by atoms with van der Waals surface area (Å²) >= 11 is 0. The molecule has 0 spiro atoms. The molecule has 2 aromatic rings. The van der Waals surface area contributed by atoms with E-state index in [1.165, 1.54) is 28.6 Å². The summed E-state index contributed by atoms with van der Waals surface area (Å²) in [4.78, 5) is 12.6. The number of sulfonamides is 1. The molecule has 3 rings (SSSR count). The first kappa shape index (κ1) is 20.5. The molecule has 2 aromatic carbocycles. The van der Waals surface area contributed by atoms with Gasteiger partial charge in [0.2, 0.25) is 10.0 Å². The van der Waals surface area contributed by atoms with E-state index < -0.39 is 16.0 Å². The number of esters is 1. The number of para-hydroxylation sites is 1. The number of carbonyl (C=O) groups is 1. The van der Waals surface area contributed by atoms with Crippen LogP contribution in [0.2, 0.25) is 0 Å². The Balaban J connectivity index is 1.78. The van der Waals surface area contributed by atoms with E-state index in [1.54, 1.807) is 0 Å². The molecule has 1 heterocycles. The molecular weight excluding hydrogens is 378 g/mol. The average Bonchev–Trinajstić information content (AvgIpc) is 2.64. The van der Waals surface area contributed by atoms with E-state index in [9.17, 15) is 13.2 Å². The Morgan fingerprint density at radius 3 is 2.07 bits per heavy atom. The number of carbonyl (C=O) groups excluding carboxylic acids is 1. The first-order valence-electron chi connectivity index (χ1n) is 9.22. The first-order chi connectivity index (χ1) is 13.2. The number of nitrogens with zero attached hydrogens (tertiary/aromatic N) is 1. The highest BCUT2D eigenvalue weighted by Gasteiger charge is 2.32. The third kappa shape index (κ3) is 4.27. The van der Waals surface area contributed by atoms with Crippen molar-refractivity contribution in [2.45, 2.75) is 44.8 Å². The Morgan fingerprint density at radius 1 is 1.00 bits per heavy atom. The molecular formula is C21H25NO5S. The Hall–Kier alpha value is -2.22. The van der Waals surface area contributed by atoms with E-state index in [-0.39, 0.29) is 17.1 Å². The normalized spacial score (nSPS) is 20.7. The number of benzene rings is 2. The van der Waals surface area contributed by atoms with Gasteiger partial charge in [-0.05, 0) is 63.1 Å². The fourth-order valence-corrected chi connectivity index (χ4v) is 4.94. The molecule has 1 saturated heterocycles. The SMILES string of the molecule is Cc1cccc(C)c1OC(=O)c1ccc(S(=O)(=O)N2C[C@H](C)O[C@@H](C)C2)cc1. The summed E-state index contributed by atoms with van der Waals surface area (Å²) in [6.45, 7) is 8.06. The van der Waals surface area contributed by atoms with Crippen molar-refractivity contribution < 1.29 is 22.7 Å². The van der Waals surface area contributed by atoms with Gasteiger partial charge in [-0.2, -0.15) is 4.31 Å². The number of hydrogen-bond donors (Lipinski definition) is 0. The first-order valence-corrected chi connectivity index (χ1v) is 10.7. The monoisotopic (exact) mass is 403 g/mol. The smallest absolute Gasteiger partial charge is 0.343 e. The van der Waals surface area contributed by atoms with Crippen molar-refractivity contribution in [2.75, 3.05) is 13.1 Å². The second-order valence-electron chi connectivity index (χ2n) is 7.21. The van der Waals surface area contributed by atoms with Crippen molar-refractivity contribution in [2.24, 2.45) is 0 Å². The van der Waals surface area contributed by atoms with E-state index >= 15 is 0 Å². The fraction of sp³-hybridized carbons (Fsp3) is 0.381. The predicted molar refractivity (Wildman–Crippen MR) is 106 cm³/mol. The van der Waals surface area contributed by atoms with Gasteiger partial charge >= 0.3 is 5.97 Å². The minimum atomic E-state index is -3.64. The summed E-state index contributed by atoms with van der Waals surface area (Å²) < 4.78 is 38.3. The van der Waals surface area contributed by atoms with Gasteiger partial charge in [-0.25, -0.2) is 13.2 Å². The van der Waals surface area contributed by atoms with Gasteiger partial charge in [-0.1, -0.05) is 18.2 Å². The van der Waals surface area contributed by atoms with Crippen LogP contribution in [0.5, 0.6) is 5.75 Å². The zero-order valence-electron chi connectivity index (χ0n) is 16.5. The fourth-order valence-electron chi connectivity index (χ4n) is 3.35. The number of morpholine rings is 1. The zero-order chi connectivity index (χ0) is 20.5. The molecule has 150 valence electrons. The highest BCUT2D eigenvalue weighted by atomic mass is 32.2. The van der Waals surface area contributed by atoms with Crippen LogP contribution in [0.15, 0.2) is 47.4 Å². The molecule has 1 fully saturated rings. The van der Waals surface area contributed by atoms with E-state index in [1.807, 2.05) is 45.9 Å². The van der Waals surface area contributed by atoms with Crippen LogP contribution >= 0.6 is 0 Å². The van der Waals surface area contributed by atoms with Gasteiger partial charge in [0.15, 0.2) is 0 Å². The largest absolute Gasteiger partial charge is 0.422 e. The van der Waals surface area contributed by atoms with Crippen molar-refractivity contribution in [1.29, 1.82) is 0 Å². The molecule has 2 atom stereocenters. The maximum Gasteiger partial charge on any atom is 0.343 e. The second-order valence-corrected chi connectivity index (χ2v) is 9.15. The van der Waals surface area contributed by atoms with Gasteiger partial charge in [0.1, 0.15) is 5.75 Å². The van der Waals surface area contributed by atoms with E-state index in [4.69, 9.17) is 9.47 Å². The summed E-state index contributed by atoms with van der Waals surface area (Å²) in [6, 6.07) is 11.5. The maximum absolute atomic E-state index is 12.9. The summed E-state index contributed by atoms with van der Waals surface area (Å²) in [6.07, 6.45) is -0.324. The van der Waals surface area contributed by atoms with E-state index in [0.717, 1.165) is 11.1 Å². The van der Waals surface area contributed by atoms with Crippen LogP contribution in [0.3, 0.4) is 0 Å². The summed E-state index contributed by atoms with van der Waals surface area (Å²) in [5.74, 6) is 0.00968. The van der Waals surface area contributed by atoms with Gasteiger partial charge in [0.05, 0.1) is 22.7 Å². The Labute approximate surface area is 166 Å². The molecule has 6 nitrogen and oxygen atoms in total. The van der Waals surface area contributed by atoms with Crippen molar-refractivity contribution in [3.63, 3.8) is 0 Å². The standard InChI is InChI=1S/C21H25NO5S/c1-14-6-5-7-15(2)20(14)27-21(23)18-8-10-19(11-9-18)28(24,25)22-12-16(3)26-17(4)13-22/h5-11,16-17H,12-13H2,1-4H3/t16-,17-/m0/s1. The number of hydrogen-bond acceptors (Lipinski definition) is 5. The summed E-state index contributed by atoms with van der Waals surface area (Å²) in [5.41, 5.74) is 2.02. The minimum absolute atomic E-state index is 0.150. The zero-order valence-corrected chi connectivity index (χ0v) is 17.3. The van der Waals surface area contributed by atoms with Crippen molar-refractivity contribution >= 4 is 16.0 Å². The average molecular weight is 404 g/mol. The lowest BCUT2D eigenvalue weighted by Crippen LogP contribution is -2.48. The van der Waals surface area contributed by atoms with Gasteiger partial charge in [0.25, 0.3) is 0 Å². The molecule has 0 N–H and O–H groups in total. The molecule has 0 aliphatic carbocycles. The molecule has 1 aliphatic rings. The van der Waals surface area contributed by atoms with Crippen LogP contribution in [-0.4, -0.2) is 44.0 Å². The van der Waals surface area contributed by atoms with Gasteiger partial charge in [0, 0.05) is 13.1 Å². The van der Waals surface area contributed by atoms with Gasteiger partial charge in [-0.3, -0.25) is 0 Å². The number of rotatable bonds is 4. The van der Waals surface area contributed by atoms with Crippen molar-refractivity contribution in [3.8, 4) is 5.75 Å². The van der Waals surface area contributed by atoms with E-state index in [2.05, 4.69) is 0 Å². The molecule has 1 aliphatic heterocycles. The third-order valence-corrected chi connectivity index (χ3v) is 6.56. The molecule has 7 heteroatoms. The highest BCUT2D eigenvalue weighted by Crippen LogP contribution is 2.25. The quantitative estimate of drug-likeness (QED) is 0.578. The Kier molecular flexibility index (Phi) is 5.88. The molecule has 0 unspecified atom stereocenters. The second kappa shape index (κ2) is 8.03. The van der Waals surface area contributed by atoms with Crippen molar-refractivity contribution in [3.05, 3.63) is 59.2 Å². The van der Waals surface area contributed by atoms with Crippen molar-refractivity contribution in [1.82, 2.24) is 4.31 Å². The molecule has 0 aromatic heterocycles. The highest BCUT2D eigenvalue weighted by molar-refractivity contribution is 7.89. The summed E-state index contributed by atoms with van der Waals surface area (Å²) in [5, 5.41) is 0. The molecule has 0 bridgehead atoms. The molecule has 0 radical (unpaired) electrons. The van der Waals surface area contributed by atoms with Gasteiger partial charge < -0.3 is 9.47 Å². The Bertz CT molecular complexity index is 939. The Morgan fingerprint density at radius 2 is 1.54 bits per heavy atom. The van der Waals surface area contributed by atoms with Crippen LogP contribution in [0.1, 0.15) is 35.3 Å². The van der Waals surface area contributed by atoms with Gasteiger partial charge in [-0.15, -0.1) is 0 Å². The number of aryl methyl sites for hydroxylation is 2. The van der Waals surface area contributed by atoms with Crippen LogP contribution < -0.4 is 4.74 Å². The number of ether oxygens (including phenoxy) is 2. The van der Waals surface area contributed by atoms with Crippen LogP contribution in [0.25, 0.3) is 0 Å². The van der Waals surface area contributed by atoms with Crippen LogP contribution in [0, 0.1) is 13.8 Å². The maximum atomic E-state index is 12.9.